The van der Waals surface area contributed by atoms with Crippen LogP contribution in [0.3, 0.4) is 0 Å². The maximum atomic E-state index is 12.0. The van der Waals surface area contributed by atoms with Crippen LogP contribution in [0.5, 0.6) is 0 Å². The lowest BCUT2D eigenvalue weighted by Gasteiger charge is -2.22. The maximum Gasteiger partial charge on any atom is 0.401 e. The van der Waals surface area contributed by atoms with Crippen LogP contribution in [0.1, 0.15) is 13.3 Å². The average Bonchev–Trinajstić information content (AvgIpc) is 2.10. The first kappa shape index (κ1) is 14.7. The lowest BCUT2D eigenvalue weighted by atomic mass is 10.3. The SMILES string of the molecule is CCOCCCN(CCO)CC(F)(F)F. The molecule has 0 spiro atoms. The van der Waals surface area contributed by atoms with Gasteiger partial charge >= 0.3 is 6.18 Å². The smallest absolute Gasteiger partial charge is 0.395 e. The highest BCUT2D eigenvalue weighted by Gasteiger charge is 2.30. The molecule has 0 rings (SSSR count). The van der Waals surface area contributed by atoms with Crippen molar-refractivity contribution in [3.8, 4) is 0 Å². The highest BCUT2D eigenvalue weighted by molar-refractivity contribution is 4.62. The Kier molecular flexibility index (Phi) is 7.72. The number of aliphatic hydroxyl groups excluding tert-OH is 1. The van der Waals surface area contributed by atoms with Crippen LogP contribution in [0.25, 0.3) is 0 Å². The van der Waals surface area contributed by atoms with Crippen molar-refractivity contribution in [1.29, 1.82) is 0 Å². The van der Waals surface area contributed by atoms with Crippen LogP contribution in [0, 0.1) is 0 Å². The zero-order valence-electron chi connectivity index (χ0n) is 8.89. The zero-order valence-corrected chi connectivity index (χ0v) is 8.89. The van der Waals surface area contributed by atoms with Gasteiger partial charge in [-0.05, 0) is 13.3 Å². The fourth-order valence-electron chi connectivity index (χ4n) is 1.20. The molecule has 0 aromatic heterocycles. The third kappa shape index (κ3) is 9.96. The first-order valence-electron chi connectivity index (χ1n) is 4.97. The van der Waals surface area contributed by atoms with Crippen molar-refractivity contribution in [2.24, 2.45) is 0 Å². The van der Waals surface area contributed by atoms with Crippen LogP contribution in [0.2, 0.25) is 0 Å². The highest BCUT2D eigenvalue weighted by atomic mass is 19.4. The quantitative estimate of drug-likeness (QED) is 0.636. The van der Waals surface area contributed by atoms with Crippen LogP contribution >= 0.6 is 0 Å². The molecular weight excluding hydrogens is 211 g/mol. The van der Waals surface area contributed by atoms with Gasteiger partial charge in [-0.3, -0.25) is 4.90 Å². The van der Waals surface area contributed by atoms with Gasteiger partial charge in [0, 0.05) is 26.3 Å². The Hall–Kier alpha value is -0.330. The van der Waals surface area contributed by atoms with Crippen molar-refractivity contribution in [3.05, 3.63) is 0 Å². The molecule has 0 aromatic carbocycles. The van der Waals surface area contributed by atoms with E-state index in [2.05, 4.69) is 0 Å². The van der Waals surface area contributed by atoms with E-state index in [4.69, 9.17) is 9.84 Å². The summed E-state index contributed by atoms with van der Waals surface area (Å²) in [6, 6.07) is 0. The van der Waals surface area contributed by atoms with E-state index in [0.717, 1.165) is 0 Å². The van der Waals surface area contributed by atoms with Gasteiger partial charge in [-0.15, -0.1) is 0 Å². The van der Waals surface area contributed by atoms with Gasteiger partial charge in [0.05, 0.1) is 13.2 Å². The molecule has 15 heavy (non-hydrogen) atoms. The number of ether oxygens (including phenoxy) is 1. The van der Waals surface area contributed by atoms with Crippen molar-refractivity contribution in [2.45, 2.75) is 19.5 Å². The van der Waals surface area contributed by atoms with E-state index < -0.39 is 12.7 Å². The zero-order chi connectivity index (χ0) is 11.7. The normalized spacial score (nSPS) is 12.4. The van der Waals surface area contributed by atoms with Gasteiger partial charge in [0.25, 0.3) is 0 Å². The summed E-state index contributed by atoms with van der Waals surface area (Å²) >= 11 is 0. The summed E-state index contributed by atoms with van der Waals surface area (Å²) in [6.45, 7) is 1.97. The molecule has 0 amide bonds. The second kappa shape index (κ2) is 7.90. The summed E-state index contributed by atoms with van der Waals surface area (Å²) in [5.74, 6) is 0. The maximum absolute atomic E-state index is 12.0. The number of nitrogens with zero attached hydrogens (tertiary/aromatic N) is 1. The molecule has 0 saturated carbocycles. The summed E-state index contributed by atoms with van der Waals surface area (Å²) in [6.07, 6.45) is -3.66. The fourth-order valence-corrected chi connectivity index (χ4v) is 1.20. The molecule has 0 atom stereocenters. The average molecular weight is 229 g/mol. The Morgan fingerprint density at radius 2 is 1.93 bits per heavy atom. The lowest BCUT2D eigenvalue weighted by Crippen LogP contribution is -2.37. The molecule has 0 unspecified atom stereocenters. The first-order valence-corrected chi connectivity index (χ1v) is 4.97. The summed E-state index contributed by atoms with van der Waals surface area (Å²) in [7, 11) is 0. The molecule has 92 valence electrons. The molecule has 0 radical (unpaired) electrons. The summed E-state index contributed by atoms with van der Waals surface area (Å²) < 4.78 is 41.2. The van der Waals surface area contributed by atoms with E-state index in [-0.39, 0.29) is 13.2 Å². The lowest BCUT2D eigenvalue weighted by molar-refractivity contribution is -0.147. The summed E-state index contributed by atoms with van der Waals surface area (Å²) in [5.41, 5.74) is 0. The van der Waals surface area contributed by atoms with Crippen molar-refractivity contribution in [2.75, 3.05) is 39.5 Å². The van der Waals surface area contributed by atoms with Gasteiger partial charge in [-0.2, -0.15) is 13.2 Å². The van der Waals surface area contributed by atoms with Gasteiger partial charge in [-0.1, -0.05) is 0 Å². The Morgan fingerprint density at radius 3 is 2.40 bits per heavy atom. The van der Waals surface area contributed by atoms with E-state index >= 15 is 0 Å². The fraction of sp³-hybridized carbons (Fsp3) is 1.00. The Morgan fingerprint density at radius 1 is 1.27 bits per heavy atom. The predicted molar refractivity (Wildman–Crippen MR) is 50.7 cm³/mol. The molecule has 0 aliphatic rings. The minimum atomic E-state index is -4.21. The minimum Gasteiger partial charge on any atom is -0.395 e. The molecule has 0 aromatic rings. The van der Waals surface area contributed by atoms with Gasteiger partial charge in [0.2, 0.25) is 0 Å². The molecule has 6 heteroatoms. The molecule has 1 N–H and O–H groups in total. The molecule has 0 saturated heterocycles. The number of hydrogen-bond acceptors (Lipinski definition) is 3. The van der Waals surface area contributed by atoms with Gasteiger partial charge in [0.15, 0.2) is 0 Å². The number of alkyl halides is 3. The number of rotatable bonds is 8. The van der Waals surface area contributed by atoms with Crippen molar-refractivity contribution >= 4 is 0 Å². The Bertz CT molecular complexity index is 153. The molecular formula is C9H18F3NO2. The molecule has 0 aliphatic carbocycles. The Balaban J connectivity index is 3.73. The van der Waals surface area contributed by atoms with Crippen LogP contribution in [-0.4, -0.2) is 55.6 Å². The highest BCUT2D eigenvalue weighted by Crippen LogP contribution is 2.16. The molecule has 3 nitrogen and oxygen atoms in total. The van der Waals surface area contributed by atoms with E-state index in [1.807, 2.05) is 6.92 Å². The van der Waals surface area contributed by atoms with Gasteiger partial charge in [-0.25, -0.2) is 0 Å². The van der Waals surface area contributed by atoms with Crippen molar-refractivity contribution in [1.82, 2.24) is 4.90 Å². The Labute approximate surface area is 87.8 Å². The van der Waals surface area contributed by atoms with E-state index in [1.54, 1.807) is 0 Å². The molecule has 0 fully saturated rings. The first-order chi connectivity index (χ1) is 6.99. The van der Waals surface area contributed by atoms with Crippen molar-refractivity contribution in [3.63, 3.8) is 0 Å². The number of hydrogen-bond donors (Lipinski definition) is 1. The monoisotopic (exact) mass is 229 g/mol. The van der Waals surface area contributed by atoms with Crippen LogP contribution in [0.15, 0.2) is 0 Å². The van der Waals surface area contributed by atoms with E-state index in [1.165, 1.54) is 4.90 Å². The predicted octanol–water partition coefficient (Wildman–Crippen LogP) is 1.27. The molecule has 0 bridgehead atoms. The second-order valence-electron chi connectivity index (χ2n) is 3.17. The van der Waals surface area contributed by atoms with Gasteiger partial charge < -0.3 is 9.84 Å². The summed E-state index contributed by atoms with van der Waals surface area (Å²) in [5, 5.41) is 8.60. The standard InChI is InChI=1S/C9H18F3NO2/c1-2-15-7-3-4-13(5-6-14)8-9(10,11)12/h14H,2-8H2,1H3. The van der Waals surface area contributed by atoms with Crippen molar-refractivity contribution < 1.29 is 23.0 Å². The largest absolute Gasteiger partial charge is 0.401 e. The minimum absolute atomic E-state index is 0.0473. The number of aliphatic hydroxyl groups is 1. The van der Waals surface area contributed by atoms with Crippen LogP contribution < -0.4 is 0 Å². The summed E-state index contributed by atoms with van der Waals surface area (Å²) in [4.78, 5) is 1.18. The molecule has 0 aliphatic heterocycles. The van der Waals surface area contributed by atoms with Crippen LogP contribution in [0.4, 0.5) is 13.2 Å². The molecule has 0 heterocycles. The van der Waals surface area contributed by atoms with E-state index in [9.17, 15) is 13.2 Å². The third-order valence-corrected chi connectivity index (χ3v) is 1.79. The van der Waals surface area contributed by atoms with Gasteiger partial charge in [0.1, 0.15) is 0 Å². The third-order valence-electron chi connectivity index (χ3n) is 1.79. The second-order valence-corrected chi connectivity index (χ2v) is 3.17. The van der Waals surface area contributed by atoms with E-state index in [0.29, 0.717) is 26.2 Å². The number of halogens is 3. The van der Waals surface area contributed by atoms with Crippen LogP contribution in [-0.2, 0) is 4.74 Å². The topological polar surface area (TPSA) is 32.7 Å².